The van der Waals surface area contributed by atoms with E-state index >= 15 is 0 Å². The Bertz CT molecular complexity index is 688. The maximum atomic E-state index is 5.90. The van der Waals surface area contributed by atoms with Gasteiger partial charge in [0.25, 0.3) is 0 Å². The Kier molecular flexibility index (Phi) is 4.23. The molecule has 0 aliphatic heterocycles. The molecule has 0 N–H and O–H groups in total. The first-order chi connectivity index (χ1) is 10.3. The molecule has 3 aromatic carbocycles. The van der Waals surface area contributed by atoms with E-state index in [-0.39, 0.29) is 0 Å². The van der Waals surface area contributed by atoms with Crippen molar-refractivity contribution in [2.45, 2.75) is 6.61 Å². The van der Waals surface area contributed by atoms with Gasteiger partial charge in [0.1, 0.15) is 12.4 Å². The van der Waals surface area contributed by atoms with Gasteiger partial charge in [0, 0.05) is 11.1 Å². The van der Waals surface area contributed by atoms with Crippen molar-refractivity contribution in [1.29, 1.82) is 0 Å². The maximum absolute atomic E-state index is 5.90. The van der Waals surface area contributed by atoms with Crippen LogP contribution in [0.15, 0.2) is 72.8 Å². The van der Waals surface area contributed by atoms with Crippen LogP contribution in [0.5, 0.6) is 5.75 Å². The summed E-state index contributed by atoms with van der Waals surface area (Å²) < 4.78 is 5.73. The highest BCUT2D eigenvalue weighted by Gasteiger charge is 2.00. The summed E-state index contributed by atoms with van der Waals surface area (Å²) in [6.45, 7) is 0.553. The Labute approximate surface area is 129 Å². The Balaban J connectivity index is 1.68. The molecule has 0 fully saturated rings. The summed E-state index contributed by atoms with van der Waals surface area (Å²) in [7, 11) is 0. The summed E-state index contributed by atoms with van der Waals surface area (Å²) in [6, 6.07) is 26.9. The second-order valence-electron chi connectivity index (χ2n) is 4.72. The summed E-state index contributed by atoms with van der Waals surface area (Å²) in [6.07, 6.45) is 0. The summed E-state index contributed by atoms with van der Waals surface area (Å²) >= 11 is 5.90. The number of hydrogen-bond acceptors (Lipinski definition) is 1. The molecule has 0 unspecified atom stereocenters. The van der Waals surface area contributed by atoms with Crippen LogP contribution in [-0.2, 0) is 6.61 Å². The molecule has 0 spiro atoms. The van der Waals surface area contributed by atoms with E-state index in [0.29, 0.717) is 6.61 Å². The van der Waals surface area contributed by atoms with Crippen molar-refractivity contribution in [3.05, 3.63) is 89.4 Å². The second-order valence-corrected chi connectivity index (χ2v) is 5.16. The lowest BCUT2D eigenvalue weighted by Crippen LogP contribution is -1.94. The third-order valence-electron chi connectivity index (χ3n) is 3.20. The van der Waals surface area contributed by atoms with Crippen LogP contribution in [0, 0.1) is 6.07 Å². The van der Waals surface area contributed by atoms with Crippen molar-refractivity contribution >= 4 is 11.6 Å². The van der Waals surface area contributed by atoms with Gasteiger partial charge in [-0.25, -0.2) is 0 Å². The molecule has 2 heteroatoms. The lowest BCUT2D eigenvalue weighted by Gasteiger charge is -2.07. The zero-order valence-corrected chi connectivity index (χ0v) is 12.2. The molecule has 0 heterocycles. The second kappa shape index (κ2) is 6.47. The van der Waals surface area contributed by atoms with Crippen LogP contribution in [0.4, 0.5) is 0 Å². The highest BCUT2D eigenvalue weighted by molar-refractivity contribution is 6.30. The van der Waals surface area contributed by atoms with Crippen LogP contribution in [0.3, 0.4) is 0 Å². The van der Waals surface area contributed by atoms with Gasteiger partial charge in [-0.3, -0.25) is 0 Å². The molecule has 21 heavy (non-hydrogen) atoms. The van der Waals surface area contributed by atoms with Crippen molar-refractivity contribution < 1.29 is 4.74 Å². The molecule has 0 aliphatic rings. The smallest absolute Gasteiger partial charge is 0.127 e. The fourth-order valence-corrected chi connectivity index (χ4v) is 2.18. The Hall–Kier alpha value is -2.25. The quantitative estimate of drug-likeness (QED) is 0.627. The highest BCUT2D eigenvalue weighted by Crippen LogP contribution is 2.23. The number of benzene rings is 3. The van der Waals surface area contributed by atoms with Crippen LogP contribution < -0.4 is 4.74 Å². The Morgan fingerprint density at radius 1 is 0.810 bits per heavy atom. The number of rotatable bonds is 4. The molecule has 0 aliphatic carbocycles. The number of hydrogen-bond donors (Lipinski definition) is 0. The SMILES string of the molecule is Clc1ccc(-c2c[c]c(OCc3ccccc3)cc2)cc1. The van der Waals surface area contributed by atoms with E-state index in [1.54, 1.807) is 0 Å². The van der Waals surface area contributed by atoms with E-state index in [1.165, 1.54) is 0 Å². The van der Waals surface area contributed by atoms with Gasteiger partial charge in [-0.2, -0.15) is 0 Å². The Morgan fingerprint density at radius 3 is 2.19 bits per heavy atom. The van der Waals surface area contributed by atoms with Crippen LogP contribution in [-0.4, -0.2) is 0 Å². The number of ether oxygens (including phenoxy) is 1. The first kappa shape index (κ1) is 13.7. The van der Waals surface area contributed by atoms with Crippen molar-refractivity contribution in [3.63, 3.8) is 0 Å². The van der Waals surface area contributed by atoms with Crippen LogP contribution in [0.2, 0.25) is 5.02 Å². The van der Waals surface area contributed by atoms with Gasteiger partial charge in [-0.15, -0.1) is 0 Å². The summed E-state index contributed by atoms with van der Waals surface area (Å²) in [5.74, 6) is 0.747. The fraction of sp³-hybridized carbons (Fsp3) is 0.0526. The molecule has 3 aromatic rings. The molecular weight excluding hydrogens is 280 g/mol. The van der Waals surface area contributed by atoms with E-state index < -0.39 is 0 Å². The van der Waals surface area contributed by atoms with Crippen molar-refractivity contribution in [2.24, 2.45) is 0 Å². The fourth-order valence-electron chi connectivity index (χ4n) is 2.06. The maximum Gasteiger partial charge on any atom is 0.127 e. The minimum atomic E-state index is 0.553. The van der Waals surface area contributed by atoms with Gasteiger partial charge in [-0.1, -0.05) is 60.1 Å². The summed E-state index contributed by atoms with van der Waals surface area (Å²) in [5, 5.41) is 0.741. The molecule has 0 atom stereocenters. The standard InChI is InChI=1S/C19H14ClO/c20-18-10-6-16(7-11-18)17-8-12-19(13-9-17)21-14-15-4-2-1-3-5-15/h1-12H,14H2. The van der Waals surface area contributed by atoms with E-state index in [2.05, 4.69) is 6.07 Å². The van der Waals surface area contributed by atoms with Crippen molar-refractivity contribution in [1.82, 2.24) is 0 Å². The minimum Gasteiger partial charge on any atom is -0.488 e. The monoisotopic (exact) mass is 293 g/mol. The molecule has 3 rings (SSSR count). The molecule has 0 saturated carbocycles. The molecule has 0 bridgehead atoms. The van der Waals surface area contributed by atoms with Crippen molar-refractivity contribution in [3.8, 4) is 16.9 Å². The van der Waals surface area contributed by atoms with E-state index in [1.807, 2.05) is 72.8 Å². The predicted molar refractivity (Wildman–Crippen MR) is 86.5 cm³/mol. The molecule has 0 saturated heterocycles. The average Bonchev–Trinajstić information content (AvgIpc) is 2.55. The van der Waals surface area contributed by atoms with Crippen LogP contribution >= 0.6 is 11.6 Å². The lowest BCUT2D eigenvalue weighted by atomic mass is 10.1. The normalized spacial score (nSPS) is 10.3. The van der Waals surface area contributed by atoms with Crippen LogP contribution in [0.25, 0.3) is 11.1 Å². The van der Waals surface area contributed by atoms with Gasteiger partial charge < -0.3 is 4.74 Å². The first-order valence-corrected chi connectivity index (χ1v) is 7.13. The largest absolute Gasteiger partial charge is 0.488 e. The minimum absolute atomic E-state index is 0.553. The summed E-state index contributed by atoms with van der Waals surface area (Å²) in [4.78, 5) is 0. The van der Waals surface area contributed by atoms with Crippen LogP contribution in [0.1, 0.15) is 5.56 Å². The van der Waals surface area contributed by atoms with Gasteiger partial charge >= 0.3 is 0 Å². The van der Waals surface area contributed by atoms with Gasteiger partial charge in [0.05, 0.1) is 0 Å². The molecule has 0 amide bonds. The molecule has 0 aromatic heterocycles. The Morgan fingerprint density at radius 2 is 1.52 bits per heavy atom. The van der Waals surface area contributed by atoms with Gasteiger partial charge in [0.15, 0.2) is 0 Å². The molecule has 103 valence electrons. The topological polar surface area (TPSA) is 9.23 Å². The molecule has 1 nitrogen and oxygen atoms in total. The van der Waals surface area contributed by atoms with E-state index in [0.717, 1.165) is 27.5 Å². The van der Waals surface area contributed by atoms with Gasteiger partial charge in [0.2, 0.25) is 0 Å². The molecule has 1 radical (unpaired) electrons. The summed E-state index contributed by atoms with van der Waals surface area (Å²) in [5.41, 5.74) is 3.36. The lowest BCUT2D eigenvalue weighted by molar-refractivity contribution is 0.305. The molecular formula is C19H14ClO. The number of halogens is 1. The third kappa shape index (κ3) is 3.65. The zero-order chi connectivity index (χ0) is 14.5. The predicted octanol–water partition coefficient (Wildman–Crippen LogP) is 5.39. The third-order valence-corrected chi connectivity index (χ3v) is 3.45. The van der Waals surface area contributed by atoms with E-state index in [4.69, 9.17) is 16.3 Å². The highest BCUT2D eigenvalue weighted by atomic mass is 35.5. The van der Waals surface area contributed by atoms with E-state index in [9.17, 15) is 0 Å². The average molecular weight is 294 g/mol. The van der Waals surface area contributed by atoms with Crippen molar-refractivity contribution in [2.75, 3.05) is 0 Å². The zero-order valence-electron chi connectivity index (χ0n) is 11.4. The first-order valence-electron chi connectivity index (χ1n) is 6.76. The van der Waals surface area contributed by atoms with Gasteiger partial charge in [-0.05, 0) is 41.0 Å².